The highest BCUT2D eigenvalue weighted by atomic mass is 16.3. The summed E-state index contributed by atoms with van der Waals surface area (Å²) in [6.45, 7) is 0. The molecule has 0 heterocycles. The SMILES string of the molecule is Oc1ccccc1C(O)C1CCCC1. The zero-order valence-electron chi connectivity index (χ0n) is 8.19. The minimum Gasteiger partial charge on any atom is -0.508 e. The minimum atomic E-state index is -0.487. The predicted molar refractivity (Wildman–Crippen MR) is 55.0 cm³/mol. The third kappa shape index (κ3) is 1.75. The van der Waals surface area contributed by atoms with Crippen molar-refractivity contribution in [1.82, 2.24) is 0 Å². The van der Waals surface area contributed by atoms with Crippen molar-refractivity contribution >= 4 is 0 Å². The molecule has 0 aromatic heterocycles. The summed E-state index contributed by atoms with van der Waals surface area (Å²) in [4.78, 5) is 0. The molecule has 2 heteroatoms. The molecular formula is C12H16O2. The standard InChI is InChI=1S/C12H16O2/c13-11-8-4-3-7-10(11)12(14)9-5-1-2-6-9/h3-4,7-9,12-14H,1-2,5-6H2. The number of aliphatic hydroxyl groups is 1. The molecule has 1 atom stereocenters. The van der Waals surface area contributed by atoms with Crippen LogP contribution in [0.25, 0.3) is 0 Å². The Morgan fingerprint density at radius 3 is 2.43 bits per heavy atom. The molecule has 1 saturated carbocycles. The number of hydrogen-bond acceptors (Lipinski definition) is 2. The third-order valence-corrected chi connectivity index (χ3v) is 3.10. The highest BCUT2D eigenvalue weighted by Gasteiger charge is 2.25. The van der Waals surface area contributed by atoms with Gasteiger partial charge in [-0.05, 0) is 24.8 Å². The monoisotopic (exact) mass is 192 g/mol. The first-order valence-electron chi connectivity index (χ1n) is 5.25. The van der Waals surface area contributed by atoms with Crippen molar-refractivity contribution in [2.45, 2.75) is 31.8 Å². The summed E-state index contributed by atoms with van der Waals surface area (Å²) >= 11 is 0. The van der Waals surface area contributed by atoms with Gasteiger partial charge in [-0.1, -0.05) is 31.0 Å². The van der Waals surface area contributed by atoms with Crippen molar-refractivity contribution in [1.29, 1.82) is 0 Å². The maximum absolute atomic E-state index is 10.0. The Bertz CT molecular complexity index is 303. The number of hydrogen-bond donors (Lipinski definition) is 2. The summed E-state index contributed by atoms with van der Waals surface area (Å²) in [6.07, 6.45) is 4.08. The third-order valence-electron chi connectivity index (χ3n) is 3.10. The predicted octanol–water partition coefficient (Wildman–Crippen LogP) is 2.62. The molecule has 0 bridgehead atoms. The Kier molecular flexibility index (Phi) is 2.73. The Morgan fingerprint density at radius 1 is 1.14 bits per heavy atom. The van der Waals surface area contributed by atoms with Crippen molar-refractivity contribution < 1.29 is 10.2 Å². The Balaban J connectivity index is 2.17. The van der Waals surface area contributed by atoms with E-state index in [1.807, 2.05) is 6.07 Å². The van der Waals surface area contributed by atoms with E-state index < -0.39 is 6.10 Å². The normalized spacial score (nSPS) is 19.8. The molecule has 2 nitrogen and oxygen atoms in total. The lowest BCUT2D eigenvalue weighted by Gasteiger charge is -2.18. The van der Waals surface area contributed by atoms with Crippen LogP contribution in [-0.4, -0.2) is 10.2 Å². The first-order chi connectivity index (χ1) is 6.79. The average molecular weight is 192 g/mol. The van der Waals surface area contributed by atoms with Gasteiger partial charge in [-0.25, -0.2) is 0 Å². The van der Waals surface area contributed by atoms with Crippen LogP contribution in [-0.2, 0) is 0 Å². The molecule has 2 rings (SSSR count). The van der Waals surface area contributed by atoms with Gasteiger partial charge in [0.25, 0.3) is 0 Å². The van der Waals surface area contributed by atoms with E-state index in [1.54, 1.807) is 18.2 Å². The van der Waals surface area contributed by atoms with Crippen molar-refractivity contribution in [3.05, 3.63) is 29.8 Å². The van der Waals surface area contributed by atoms with Gasteiger partial charge in [-0.2, -0.15) is 0 Å². The lowest BCUT2D eigenvalue weighted by Crippen LogP contribution is -2.08. The van der Waals surface area contributed by atoms with E-state index in [9.17, 15) is 10.2 Å². The topological polar surface area (TPSA) is 40.5 Å². The van der Waals surface area contributed by atoms with Crippen LogP contribution in [0.2, 0.25) is 0 Å². The minimum absolute atomic E-state index is 0.215. The summed E-state index contributed by atoms with van der Waals surface area (Å²) in [6, 6.07) is 7.07. The summed E-state index contributed by atoms with van der Waals surface area (Å²) in [5.74, 6) is 0.551. The number of benzene rings is 1. The van der Waals surface area contributed by atoms with E-state index in [0.29, 0.717) is 11.5 Å². The number of rotatable bonds is 2. The van der Waals surface area contributed by atoms with Gasteiger partial charge in [0, 0.05) is 5.56 Å². The van der Waals surface area contributed by atoms with E-state index in [2.05, 4.69) is 0 Å². The van der Waals surface area contributed by atoms with Crippen molar-refractivity contribution in [3.63, 3.8) is 0 Å². The molecule has 0 radical (unpaired) electrons. The first-order valence-corrected chi connectivity index (χ1v) is 5.25. The van der Waals surface area contributed by atoms with E-state index in [0.717, 1.165) is 12.8 Å². The van der Waals surface area contributed by atoms with Crippen LogP contribution in [0.4, 0.5) is 0 Å². The summed E-state index contributed by atoms with van der Waals surface area (Å²) in [5, 5.41) is 19.6. The lowest BCUT2D eigenvalue weighted by atomic mass is 9.94. The van der Waals surface area contributed by atoms with Crippen molar-refractivity contribution in [2.75, 3.05) is 0 Å². The zero-order valence-corrected chi connectivity index (χ0v) is 8.19. The van der Waals surface area contributed by atoms with Gasteiger partial charge in [0.2, 0.25) is 0 Å². The van der Waals surface area contributed by atoms with Crippen molar-refractivity contribution in [2.24, 2.45) is 5.92 Å². The van der Waals surface area contributed by atoms with Gasteiger partial charge < -0.3 is 10.2 Å². The average Bonchev–Trinajstić information content (AvgIpc) is 2.70. The summed E-state index contributed by atoms with van der Waals surface area (Å²) in [5.41, 5.74) is 0.680. The van der Waals surface area contributed by atoms with Crippen LogP contribution in [0.15, 0.2) is 24.3 Å². The second-order valence-electron chi connectivity index (χ2n) is 4.05. The van der Waals surface area contributed by atoms with Crippen LogP contribution in [0.3, 0.4) is 0 Å². The molecule has 2 N–H and O–H groups in total. The van der Waals surface area contributed by atoms with Crippen LogP contribution >= 0.6 is 0 Å². The van der Waals surface area contributed by atoms with E-state index in [-0.39, 0.29) is 5.75 Å². The molecule has 14 heavy (non-hydrogen) atoms. The number of aliphatic hydroxyl groups excluding tert-OH is 1. The molecular weight excluding hydrogens is 176 g/mol. The quantitative estimate of drug-likeness (QED) is 0.756. The molecule has 1 aliphatic carbocycles. The zero-order chi connectivity index (χ0) is 9.97. The van der Waals surface area contributed by atoms with Crippen LogP contribution in [0.5, 0.6) is 5.75 Å². The smallest absolute Gasteiger partial charge is 0.121 e. The van der Waals surface area contributed by atoms with E-state index in [1.165, 1.54) is 12.8 Å². The van der Waals surface area contributed by atoms with Gasteiger partial charge in [-0.3, -0.25) is 0 Å². The number of phenolic OH excluding ortho intramolecular Hbond substituents is 1. The number of aromatic hydroxyl groups is 1. The molecule has 0 aliphatic heterocycles. The first kappa shape index (κ1) is 9.53. The molecule has 1 unspecified atom stereocenters. The highest BCUT2D eigenvalue weighted by Crippen LogP contribution is 2.38. The fraction of sp³-hybridized carbons (Fsp3) is 0.500. The molecule has 76 valence electrons. The molecule has 1 aromatic carbocycles. The largest absolute Gasteiger partial charge is 0.508 e. The lowest BCUT2D eigenvalue weighted by molar-refractivity contribution is 0.109. The van der Waals surface area contributed by atoms with E-state index in [4.69, 9.17) is 0 Å². The Hall–Kier alpha value is -1.02. The van der Waals surface area contributed by atoms with Gasteiger partial charge in [-0.15, -0.1) is 0 Å². The second-order valence-corrected chi connectivity index (χ2v) is 4.05. The van der Waals surface area contributed by atoms with Crippen LogP contribution in [0.1, 0.15) is 37.4 Å². The number of para-hydroxylation sites is 1. The molecule has 1 aliphatic rings. The van der Waals surface area contributed by atoms with Gasteiger partial charge >= 0.3 is 0 Å². The molecule has 0 spiro atoms. The maximum atomic E-state index is 10.0. The molecule has 1 fully saturated rings. The summed E-state index contributed by atoms with van der Waals surface area (Å²) < 4.78 is 0. The molecule has 1 aromatic rings. The molecule has 0 saturated heterocycles. The van der Waals surface area contributed by atoms with Gasteiger partial charge in [0.05, 0.1) is 6.10 Å². The van der Waals surface area contributed by atoms with Gasteiger partial charge in [0.1, 0.15) is 5.75 Å². The number of phenols is 1. The van der Waals surface area contributed by atoms with Crippen LogP contribution in [0, 0.1) is 5.92 Å². The fourth-order valence-electron chi connectivity index (χ4n) is 2.26. The highest BCUT2D eigenvalue weighted by molar-refractivity contribution is 5.33. The molecule has 0 amide bonds. The van der Waals surface area contributed by atoms with E-state index >= 15 is 0 Å². The Labute approximate surface area is 84.2 Å². The van der Waals surface area contributed by atoms with Gasteiger partial charge in [0.15, 0.2) is 0 Å². The Morgan fingerprint density at radius 2 is 1.79 bits per heavy atom. The summed E-state index contributed by atoms with van der Waals surface area (Å²) in [7, 11) is 0. The fourth-order valence-corrected chi connectivity index (χ4v) is 2.26. The van der Waals surface area contributed by atoms with Crippen LogP contribution < -0.4 is 0 Å². The second kappa shape index (κ2) is 4.01. The van der Waals surface area contributed by atoms with Crippen molar-refractivity contribution in [3.8, 4) is 5.75 Å². The maximum Gasteiger partial charge on any atom is 0.121 e.